The van der Waals surface area contributed by atoms with Crippen molar-refractivity contribution in [3.63, 3.8) is 0 Å². The zero-order chi connectivity index (χ0) is 20.9. The van der Waals surface area contributed by atoms with Crippen molar-refractivity contribution in [2.24, 2.45) is 5.10 Å². The van der Waals surface area contributed by atoms with Crippen molar-refractivity contribution in [2.45, 2.75) is 20.3 Å². The summed E-state index contributed by atoms with van der Waals surface area (Å²) in [6.07, 6.45) is 1.01. The third kappa shape index (κ3) is 5.12. The lowest BCUT2D eigenvalue weighted by Crippen LogP contribution is -2.37. The lowest BCUT2D eigenvalue weighted by Gasteiger charge is -2.30. The third-order valence-corrected chi connectivity index (χ3v) is 6.35. The van der Waals surface area contributed by atoms with Gasteiger partial charge in [-0.1, -0.05) is 29.5 Å². The Hall–Kier alpha value is -2.15. The monoisotopic (exact) mass is 425 g/mol. The smallest absolute Gasteiger partial charge is 0.128 e. The summed E-state index contributed by atoms with van der Waals surface area (Å²) < 4.78 is 18.9. The Morgan fingerprint density at radius 2 is 1.80 bits per heavy atom. The van der Waals surface area contributed by atoms with E-state index < -0.39 is 0 Å². The lowest BCUT2D eigenvalue weighted by atomic mass is 10.1. The van der Waals surface area contributed by atoms with Gasteiger partial charge in [-0.25, -0.2) is 4.39 Å². The van der Waals surface area contributed by atoms with Crippen LogP contribution in [-0.4, -0.2) is 54.3 Å². The summed E-state index contributed by atoms with van der Waals surface area (Å²) in [5.74, 6) is -0.221. The Balaban J connectivity index is 1.55. The van der Waals surface area contributed by atoms with Gasteiger partial charge < -0.3 is 4.74 Å². The van der Waals surface area contributed by atoms with Gasteiger partial charge in [0.1, 0.15) is 10.9 Å². The van der Waals surface area contributed by atoms with Crippen molar-refractivity contribution < 1.29 is 9.13 Å². The first kappa shape index (κ1) is 21.1. The van der Waals surface area contributed by atoms with Crippen molar-refractivity contribution in [3.05, 3.63) is 75.9 Å². The minimum atomic E-state index is -0.221. The average molecular weight is 426 g/mol. The summed E-state index contributed by atoms with van der Waals surface area (Å²) in [4.78, 5) is 2.44. The molecule has 0 radical (unpaired) electrons. The van der Waals surface area contributed by atoms with E-state index >= 15 is 0 Å². The van der Waals surface area contributed by atoms with Crippen LogP contribution < -0.4 is 0 Å². The number of nitrogens with zero attached hydrogens (tertiary/aromatic N) is 3. The first-order valence-electron chi connectivity index (χ1n) is 10.5. The van der Waals surface area contributed by atoms with Crippen LogP contribution in [0.1, 0.15) is 28.7 Å². The number of benzene rings is 2. The molecule has 0 N–H and O–H groups in total. The summed E-state index contributed by atoms with van der Waals surface area (Å²) in [6.45, 7) is 9.69. The number of thioether (sulfide) groups is 1. The topological polar surface area (TPSA) is 28.1 Å². The number of ether oxygens (including phenoxy) is 1. The molecule has 2 heterocycles. The highest BCUT2D eigenvalue weighted by atomic mass is 32.2. The molecule has 0 unspecified atom stereocenters. The van der Waals surface area contributed by atoms with Crippen LogP contribution in [0.25, 0.3) is 5.70 Å². The zero-order valence-electron chi connectivity index (χ0n) is 17.6. The first-order chi connectivity index (χ1) is 14.6. The molecule has 2 aromatic rings. The van der Waals surface area contributed by atoms with Crippen LogP contribution in [0.2, 0.25) is 0 Å². The SMILES string of the molecule is Cc1ccc(C)c(C2=NN(CCCN3CCOCC3)C(c3ccc(F)cc3)=CS2)c1. The molecule has 4 rings (SSSR count). The number of rotatable bonds is 6. The van der Waals surface area contributed by atoms with E-state index in [0.29, 0.717) is 0 Å². The first-order valence-corrected chi connectivity index (χ1v) is 11.3. The summed E-state index contributed by atoms with van der Waals surface area (Å²) in [6, 6.07) is 13.2. The summed E-state index contributed by atoms with van der Waals surface area (Å²) >= 11 is 1.64. The van der Waals surface area contributed by atoms with Crippen molar-refractivity contribution in [3.8, 4) is 0 Å². The summed E-state index contributed by atoms with van der Waals surface area (Å²) in [7, 11) is 0. The van der Waals surface area contributed by atoms with Gasteiger partial charge in [0.25, 0.3) is 0 Å². The van der Waals surface area contributed by atoms with Gasteiger partial charge in [0, 0.05) is 42.7 Å². The van der Waals surface area contributed by atoms with Crippen LogP contribution in [0.15, 0.2) is 53.0 Å². The third-order valence-electron chi connectivity index (χ3n) is 5.48. The van der Waals surface area contributed by atoms with E-state index in [1.54, 1.807) is 11.8 Å². The lowest BCUT2D eigenvalue weighted by molar-refractivity contribution is 0.0367. The minimum Gasteiger partial charge on any atom is -0.379 e. The molecule has 1 saturated heterocycles. The molecule has 0 bridgehead atoms. The molecule has 30 heavy (non-hydrogen) atoms. The standard InChI is InChI=1S/C24H28FN3OS/c1-18-4-5-19(2)22(16-18)24-26-28(11-3-10-27-12-14-29-15-13-27)23(17-30-24)20-6-8-21(25)9-7-20/h4-9,16-17H,3,10-15H2,1-2H3. The molecule has 158 valence electrons. The molecule has 0 amide bonds. The van der Waals surface area contributed by atoms with Crippen LogP contribution >= 0.6 is 11.8 Å². The number of aryl methyl sites for hydroxylation is 2. The highest BCUT2D eigenvalue weighted by Gasteiger charge is 2.20. The molecule has 0 aliphatic carbocycles. The maximum Gasteiger partial charge on any atom is 0.128 e. The van der Waals surface area contributed by atoms with Crippen molar-refractivity contribution in [1.29, 1.82) is 0 Å². The van der Waals surface area contributed by atoms with E-state index in [0.717, 1.165) is 62.1 Å². The van der Waals surface area contributed by atoms with Crippen molar-refractivity contribution >= 4 is 22.5 Å². The van der Waals surface area contributed by atoms with E-state index in [1.807, 2.05) is 12.1 Å². The molecule has 0 aromatic heterocycles. The molecule has 2 aliphatic heterocycles. The van der Waals surface area contributed by atoms with Gasteiger partial charge in [-0.05, 0) is 56.2 Å². The Kier molecular flexibility index (Phi) is 6.87. The fourth-order valence-corrected chi connectivity index (χ4v) is 4.69. The second-order valence-corrected chi connectivity index (χ2v) is 8.64. The highest BCUT2D eigenvalue weighted by molar-refractivity contribution is 8.17. The molecule has 4 nitrogen and oxygen atoms in total. The zero-order valence-corrected chi connectivity index (χ0v) is 18.4. The van der Waals surface area contributed by atoms with Gasteiger partial charge in [-0.2, -0.15) is 5.10 Å². The van der Waals surface area contributed by atoms with Gasteiger partial charge in [-0.3, -0.25) is 9.91 Å². The number of halogens is 1. The summed E-state index contributed by atoms with van der Waals surface area (Å²) in [5, 5.41) is 10.3. The molecule has 6 heteroatoms. The predicted molar refractivity (Wildman–Crippen MR) is 123 cm³/mol. The van der Waals surface area contributed by atoms with Crippen LogP contribution in [0.4, 0.5) is 4.39 Å². The number of morpholine rings is 1. The largest absolute Gasteiger partial charge is 0.379 e. The molecule has 2 aromatic carbocycles. The normalized spacial score (nSPS) is 17.6. The number of hydrazone groups is 1. The van der Waals surface area contributed by atoms with Crippen molar-refractivity contribution in [2.75, 3.05) is 39.4 Å². The maximum atomic E-state index is 13.4. The van der Waals surface area contributed by atoms with Gasteiger partial charge >= 0.3 is 0 Å². The molecule has 2 aliphatic rings. The Labute approximate surface area is 182 Å². The minimum absolute atomic E-state index is 0.221. The van der Waals surface area contributed by atoms with Gasteiger partial charge in [0.15, 0.2) is 0 Å². The van der Waals surface area contributed by atoms with E-state index in [2.05, 4.69) is 47.4 Å². The molecular weight excluding hydrogens is 397 g/mol. The maximum absolute atomic E-state index is 13.4. The average Bonchev–Trinajstić information content (AvgIpc) is 2.77. The van der Waals surface area contributed by atoms with Crippen LogP contribution in [-0.2, 0) is 4.74 Å². The molecule has 0 saturated carbocycles. The van der Waals surface area contributed by atoms with Gasteiger partial charge in [0.2, 0.25) is 0 Å². The number of hydrogen-bond acceptors (Lipinski definition) is 5. The van der Waals surface area contributed by atoms with Crippen LogP contribution in [0.3, 0.4) is 0 Å². The second kappa shape index (κ2) is 9.77. The predicted octanol–water partition coefficient (Wildman–Crippen LogP) is 4.87. The van der Waals surface area contributed by atoms with Crippen molar-refractivity contribution in [1.82, 2.24) is 9.91 Å². The molecular formula is C24H28FN3OS. The highest BCUT2D eigenvalue weighted by Crippen LogP contribution is 2.32. The van der Waals surface area contributed by atoms with E-state index in [-0.39, 0.29) is 5.82 Å². The van der Waals surface area contributed by atoms with Crippen LogP contribution in [0.5, 0.6) is 0 Å². The van der Waals surface area contributed by atoms with Gasteiger partial charge in [0.05, 0.1) is 18.9 Å². The molecule has 1 fully saturated rings. The number of hydrogen-bond donors (Lipinski definition) is 0. The van der Waals surface area contributed by atoms with E-state index in [4.69, 9.17) is 9.84 Å². The van der Waals surface area contributed by atoms with Gasteiger partial charge in [-0.15, -0.1) is 0 Å². The summed E-state index contributed by atoms with van der Waals surface area (Å²) in [5.41, 5.74) is 5.63. The molecule has 0 spiro atoms. The Morgan fingerprint density at radius 3 is 2.57 bits per heavy atom. The second-order valence-electron chi connectivity index (χ2n) is 7.78. The molecule has 0 atom stereocenters. The Bertz CT molecular complexity index is 936. The van der Waals surface area contributed by atoms with Crippen LogP contribution in [0, 0.1) is 19.7 Å². The van der Waals surface area contributed by atoms with E-state index in [1.165, 1.54) is 28.8 Å². The van der Waals surface area contributed by atoms with E-state index in [9.17, 15) is 4.39 Å². The quantitative estimate of drug-likeness (QED) is 0.660. The fraction of sp³-hybridized carbons (Fsp3) is 0.375. The Morgan fingerprint density at radius 1 is 1.03 bits per heavy atom. The fourth-order valence-electron chi connectivity index (χ4n) is 3.72.